The normalized spacial score (nSPS) is 18.8. The van der Waals surface area contributed by atoms with Crippen LogP contribution in [0.25, 0.3) is 5.69 Å². The lowest BCUT2D eigenvalue weighted by atomic mass is 10.1. The van der Waals surface area contributed by atoms with Gasteiger partial charge in [0.15, 0.2) is 0 Å². The number of benzene rings is 1. The van der Waals surface area contributed by atoms with E-state index >= 15 is 0 Å². The fraction of sp³-hybridized carbons (Fsp3) is 0.375. The fourth-order valence-corrected chi connectivity index (χ4v) is 2.78. The summed E-state index contributed by atoms with van der Waals surface area (Å²) in [7, 11) is 1.46. The number of likely N-dealkylation sites (tertiary alicyclic amines) is 1. The van der Waals surface area contributed by atoms with Crippen LogP contribution >= 0.6 is 0 Å². The van der Waals surface area contributed by atoms with E-state index in [0.29, 0.717) is 0 Å². The van der Waals surface area contributed by atoms with Crippen LogP contribution in [-0.4, -0.2) is 40.6 Å². The minimum Gasteiger partial charge on any atom is -0.469 e. The Hall–Kier alpha value is -2.14. The zero-order valence-corrected chi connectivity index (χ0v) is 12.1. The highest BCUT2D eigenvalue weighted by Gasteiger charge is 2.28. The van der Waals surface area contributed by atoms with Gasteiger partial charge in [0, 0.05) is 31.2 Å². The van der Waals surface area contributed by atoms with Crippen LogP contribution in [0, 0.1) is 5.92 Å². The molecule has 1 atom stereocenters. The third-order valence-electron chi connectivity index (χ3n) is 3.95. The van der Waals surface area contributed by atoms with E-state index in [0.717, 1.165) is 31.7 Å². The molecular weight excluding hydrogens is 266 g/mol. The van der Waals surface area contributed by atoms with Crippen molar-refractivity contribution < 1.29 is 9.53 Å². The smallest absolute Gasteiger partial charge is 0.310 e. The van der Waals surface area contributed by atoms with Crippen molar-refractivity contribution in [3.8, 4) is 5.69 Å². The third kappa shape index (κ3) is 3.13. The molecule has 1 fully saturated rings. The first-order valence-electron chi connectivity index (χ1n) is 7.14. The fourth-order valence-electron chi connectivity index (χ4n) is 2.78. The van der Waals surface area contributed by atoms with E-state index in [1.807, 2.05) is 10.8 Å². The van der Waals surface area contributed by atoms with E-state index in [2.05, 4.69) is 34.1 Å². The quantitative estimate of drug-likeness (QED) is 0.805. The molecule has 0 amide bonds. The van der Waals surface area contributed by atoms with Gasteiger partial charge in [0.05, 0.1) is 19.4 Å². The Morgan fingerprint density at radius 1 is 1.38 bits per heavy atom. The van der Waals surface area contributed by atoms with Crippen LogP contribution < -0.4 is 0 Å². The Morgan fingerprint density at radius 3 is 2.86 bits per heavy atom. The minimum atomic E-state index is -0.0899. The van der Waals surface area contributed by atoms with Crippen molar-refractivity contribution in [3.05, 3.63) is 48.5 Å². The Kier molecular flexibility index (Phi) is 4.01. The van der Waals surface area contributed by atoms with E-state index in [4.69, 9.17) is 4.74 Å². The molecule has 1 saturated heterocycles. The highest BCUT2D eigenvalue weighted by atomic mass is 16.5. The van der Waals surface area contributed by atoms with Crippen LogP contribution in [0.4, 0.5) is 0 Å². The Labute approximate surface area is 124 Å². The Balaban J connectivity index is 1.60. The summed E-state index contributed by atoms with van der Waals surface area (Å²) in [4.78, 5) is 17.9. The van der Waals surface area contributed by atoms with Crippen LogP contribution in [0.2, 0.25) is 0 Å². The van der Waals surface area contributed by atoms with Crippen molar-refractivity contribution in [1.29, 1.82) is 0 Å². The number of methoxy groups -OCH3 is 1. The molecule has 1 aromatic heterocycles. The molecule has 0 saturated carbocycles. The molecule has 0 aliphatic carbocycles. The first-order valence-corrected chi connectivity index (χ1v) is 7.14. The van der Waals surface area contributed by atoms with Crippen molar-refractivity contribution in [1.82, 2.24) is 14.5 Å². The van der Waals surface area contributed by atoms with E-state index in [-0.39, 0.29) is 11.9 Å². The first kappa shape index (κ1) is 13.8. The number of carbonyl (C=O) groups is 1. The third-order valence-corrected chi connectivity index (χ3v) is 3.95. The van der Waals surface area contributed by atoms with E-state index < -0.39 is 0 Å². The number of ether oxygens (including phenoxy) is 1. The molecule has 1 unspecified atom stereocenters. The monoisotopic (exact) mass is 285 g/mol. The molecule has 1 aromatic carbocycles. The number of hydrogen-bond acceptors (Lipinski definition) is 4. The van der Waals surface area contributed by atoms with Gasteiger partial charge in [0.25, 0.3) is 0 Å². The minimum absolute atomic E-state index is 0.0280. The van der Waals surface area contributed by atoms with Crippen LogP contribution in [0.3, 0.4) is 0 Å². The molecule has 5 nitrogen and oxygen atoms in total. The maximum Gasteiger partial charge on any atom is 0.310 e. The van der Waals surface area contributed by atoms with Crippen molar-refractivity contribution >= 4 is 5.97 Å². The molecule has 2 aromatic rings. The maximum atomic E-state index is 11.5. The first-order chi connectivity index (χ1) is 10.3. The van der Waals surface area contributed by atoms with Gasteiger partial charge in [0.2, 0.25) is 0 Å². The van der Waals surface area contributed by atoms with Crippen molar-refractivity contribution in [3.63, 3.8) is 0 Å². The van der Waals surface area contributed by atoms with Gasteiger partial charge >= 0.3 is 5.97 Å². The van der Waals surface area contributed by atoms with Crippen molar-refractivity contribution in [2.24, 2.45) is 5.92 Å². The maximum absolute atomic E-state index is 11.5. The lowest BCUT2D eigenvalue weighted by Crippen LogP contribution is -2.23. The molecule has 1 aliphatic heterocycles. The number of imidazole rings is 1. The molecule has 0 spiro atoms. The number of esters is 1. The molecule has 0 N–H and O–H groups in total. The number of carbonyl (C=O) groups excluding carboxylic acids is 1. The van der Waals surface area contributed by atoms with Gasteiger partial charge in [-0.05, 0) is 30.7 Å². The van der Waals surface area contributed by atoms with Gasteiger partial charge in [-0.3, -0.25) is 9.69 Å². The van der Waals surface area contributed by atoms with Crippen LogP contribution in [0.15, 0.2) is 43.0 Å². The molecule has 0 radical (unpaired) electrons. The second kappa shape index (κ2) is 6.10. The molecule has 2 heterocycles. The highest BCUT2D eigenvalue weighted by molar-refractivity contribution is 5.72. The van der Waals surface area contributed by atoms with Gasteiger partial charge in [-0.25, -0.2) is 4.98 Å². The summed E-state index contributed by atoms with van der Waals surface area (Å²) in [5, 5.41) is 0. The lowest BCUT2D eigenvalue weighted by Gasteiger charge is -2.15. The molecule has 21 heavy (non-hydrogen) atoms. The van der Waals surface area contributed by atoms with Crippen molar-refractivity contribution in [2.45, 2.75) is 13.0 Å². The number of aromatic nitrogens is 2. The molecule has 5 heteroatoms. The zero-order chi connectivity index (χ0) is 14.7. The van der Waals surface area contributed by atoms with Crippen LogP contribution in [-0.2, 0) is 16.1 Å². The Bertz CT molecular complexity index is 592. The molecular formula is C16H19N3O2. The standard InChI is InChI=1S/C16H19N3O2/c1-21-16(20)14-6-8-18(11-14)10-13-2-4-15(5-3-13)19-9-7-17-12-19/h2-5,7,9,12,14H,6,8,10-11H2,1H3. The van der Waals surface area contributed by atoms with Crippen LogP contribution in [0.1, 0.15) is 12.0 Å². The van der Waals surface area contributed by atoms with E-state index in [1.165, 1.54) is 12.7 Å². The van der Waals surface area contributed by atoms with Gasteiger partial charge in [-0.1, -0.05) is 12.1 Å². The molecule has 1 aliphatic rings. The van der Waals surface area contributed by atoms with Gasteiger partial charge < -0.3 is 9.30 Å². The lowest BCUT2D eigenvalue weighted by molar-refractivity contribution is -0.144. The molecule has 3 rings (SSSR count). The van der Waals surface area contributed by atoms with Gasteiger partial charge in [-0.2, -0.15) is 0 Å². The summed E-state index contributed by atoms with van der Waals surface area (Å²) in [6, 6.07) is 8.43. The summed E-state index contributed by atoms with van der Waals surface area (Å²) >= 11 is 0. The predicted molar refractivity (Wildman–Crippen MR) is 79.0 cm³/mol. The summed E-state index contributed by atoms with van der Waals surface area (Å²) < 4.78 is 6.79. The molecule has 110 valence electrons. The summed E-state index contributed by atoms with van der Waals surface area (Å²) in [6.07, 6.45) is 6.37. The van der Waals surface area contributed by atoms with Crippen molar-refractivity contribution in [2.75, 3.05) is 20.2 Å². The summed E-state index contributed by atoms with van der Waals surface area (Å²) in [5.41, 5.74) is 2.36. The predicted octanol–water partition coefficient (Wildman–Crippen LogP) is 1.87. The van der Waals surface area contributed by atoms with E-state index in [1.54, 1.807) is 12.5 Å². The number of nitrogens with zero attached hydrogens (tertiary/aromatic N) is 3. The topological polar surface area (TPSA) is 47.4 Å². The number of hydrogen-bond donors (Lipinski definition) is 0. The van der Waals surface area contributed by atoms with Crippen LogP contribution in [0.5, 0.6) is 0 Å². The van der Waals surface area contributed by atoms with Gasteiger partial charge in [-0.15, -0.1) is 0 Å². The summed E-state index contributed by atoms with van der Waals surface area (Å²) in [6.45, 7) is 2.61. The largest absolute Gasteiger partial charge is 0.469 e. The van der Waals surface area contributed by atoms with Gasteiger partial charge in [0.1, 0.15) is 0 Å². The van der Waals surface area contributed by atoms with E-state index in [9.17, 15) is 4.79 Å². The SMILES string of the molecule is COC(=O)C1CCN(Cc2ccc(-n3ccnc3)cc2)C1. The second-order valence-electron chi connectivity index (χ2n) is 5.38. The highest BCUT2D eigenvalue weighted by Crippen LogP contribution is 2.20. The second-order valence-corrected chi connectivity index (χ2v) is 5.38. The zero-order valence-electron chi connectivity index (χ0n) is 12.1. The molecule has 0 bridgehead atoms. The number of rotatable bonds is 4. The summed E-state index contributed by atoms with van der Waals surface area (Å²) in [5.74, 6) is -0.0619. The average Bonchev–Trinajstić information content (AvgIpc) is 3.18. The average molecular weight is 285 g/mol. The Morgan fingerprint density at radius 2 is 2.19 bits per heavy atom.